The van der Waals surface area contributed by atoms with Gasteiger partial charge < -0.3 is 15.1 Å². The van der Waals surface area contributed by atoms with Crippen LogP contribution in [-0.2, 0) is 10.0 Å². The number of nitrogens with zero attached hydrogens (tertiary/aromatic N) is 2. The number of rotatable bonds is 5. The Labute approximate surface area is 166 Å². The van der Waals surface area contributed by atoms with E-state index in [4.69, 9.17) is 0 Å². The van der Waals surface area contributed by atoms with E-state index in [1.807, 2.05) is 24.3 Å². The first-order valence-corrected chi connectivity index (χ1v) is 10.7. The summed E-state index contributed by atoms with van der Waals surface area (Å²) < 4.78 is 25.4. The van der Waals surface area contributed by atoms with Crippen LogP contribution in [0, 0.1) is 0 Å². The molecule has 150 valence electrons. The van der Waals surface area contributed by atoms with Crippen molar-refractivity contribution in [1.82, 2.24) is 4.31 Å². The Morgan fingerprint density at radius 2 is 1.57 bits per heavy atom. The standard InChI is InChI=1S/C20H26N4O3S/c1-22(2)28(26,27)19-10-4-16(5-11-19)20(25)21-17-6-8-18(9-7-17)24-14-12-23(3)13-15-24/h4-11H,12-15H2,1-3H3,(H,21,25)/p+1. The van der Waals surface area contributed by atoms with Crippen molar-refractivity contribution >= 4 is 27.3 Å². The number of sulfonamides is 1. The van der Waals surface area contributed by atoms with Gasteiger partial charge in [-0.15, -0.1) is 0 Å². The van der Waals surface area contributed by atoms with Crippen LogP contribution in [0.25, 0.3) is 0 Å². The van der Waals surface area contributed by atoms with Crippen LogP contribution in [0.15, 0.2) is 53.4 Å². The zero-order valence-electron chi connectivity index (χ0n) is 16.5. The number of piperazine rings is 1. The Morgan fingerprint density at radius 3 is 2.11 bits per heavy atom. The normalized spacial score (nSPS) is 15.6. The van der Waals surface area contributed by atoms with E-state index in [-0.39, 0.29) is 10.8 Å². The third-order valence-electron chi connectivity index (χ3n) is 5.00. The van der Waals surface area contributed by atoms with Gasteiger partial charge in [0.05, 0.1) is 38.1 Å². The van der Waals surface area contributed by atoms with Gasteiger partial charge in [-0.25, -0.2) is 12.7 Å². The number of carbonyl (C=O) groups is 1. The molecule has 0 aromatic heterocycles. The average Bonchev–Trinajstić information content (AvgIpc) is 2.69. The molecular formula is C20H27N4O3S+. The van der Waals surface area contributed by atoms with Gasteiger partial charge in [0.15, 0.2) is 0 Å². The highest BCUT2D eigenvalue weighted by atomic mass is 32.2. The Kier molecular flexibility index (Phi) is 6.02. The molecule has 0 spiro atoms. The summed E-state index contributed by atoms with van der Waals surface area (Å²) >= 11 is 0. The van der Waals surface area contributed by atoms with Gasteiger partial charge in [0.2, 0.25) is 10.0 Å². The lowest BCUT2D eigenvalue weighted by atomic mass is 10.2. The molecule has 1 fully saturated rings. The molecule has 0 aliphatic carbocycles. The smallest absolute Gasteiger partial charge is 0.255 e. The van der Waals surface area contributed by atoms with Crippen LogP contribution in [0.4, 0.5) is 11.4 Å². The quantitative estimate of drug-likeness (QED) is 0.764. The van der Waals surface area contributed by atoms with Crippen molar-refractivity contribution < 1.29 is 18.1 Å². The topological polar surface area (TPSA) is 74.2 Å². The number of hydrogen-bond donors (Lipinski definition) is 2. The maximum atomic E-state index is 12.4. The van der Waals surface area contributed by atoms with Gasteiger partial charge in [0.25, 0.3) is 5.91 Å². The van der Waals surface area contributed by atoms with Gasteiger partial charge in [-0.05, 0) is 48.5 Å². The fourth-order valence-corrected chi connectivity index (χ4v) is 4.00. The third-order valence-corrected chi connectivity index (χ3v) is 6.83. The minimum absolute atomic E-state index is 0.160. The van der Waals surface area contributed by atoms with Crippen LogP contribution in [0.2, 0.25) is 0 Å². The summed E-state index contributed by atoms with van der Waals surface area (Å²) in [6.45, 7) is 4.30. The van der Waals surface area contributed by atoms with Crippen molar-refractivity contribution in [2.24, 2.45) is 0 Å². The van der Waals surface area contributed by atoms with E-state index >= 15 is 0 Å². The van der Waals surface area contributed by atoms with E-state index < -0.39 is 10.0 Å². The molecule has 0 unspecified atom stereocenters. The lowest BCUT2D eigenvalue weighted by molar-refractivity contribution is -0.880. The van der Waals surface area contributed by atoms with Crippen LogP contribution in [0.3, 0.4) is 0 Å². The number of carbonyl (C=O) groups excluding carboxylic acids is 1. The van der Waals surface area contributed by atoms with E-state index in [1.54, 1.807) is 4.90 Å². The first-order chi connectivity index (χ1) is 13.3. The van der Waals surface area contributed by atoms with Crippen molar-refractivity contribution in [3.63, 3.8) is 0 Å². The molecular weight excluding hydrogens is 376 g/mol. The maximum absolute atomic E-state index is 12.4. The van der Waals surface area contributed by atoms with Crippen LogP contribution < -0.4 is 15.1 Å². The molecule has 0 atom stereocenters. The van der Waals surface area contributed by atoms with Crippen LogP contribution in [0.5, 0.6) is 0 Å². The van der Waals surface area contributed by atoms with Crippen molar-refractivity contribution in [3.05, 3.63) is 54.1 Å². The van der Waals surface area contributed by atoms with Gasteiger partial charge in [0, 0.05) is 31.0 Å². The maximum Gasteiger partial charge on any atom is 0.255 e. The number of anilines is 2. The number of likely N-dealkylation sites (N-methyl/N-ethyl adjacent to an activating group) is 1. The van der Waals surface area contributed by atoms with Crippen molar-refractivity contribution in [2.75, 3.05) is 57.5 Å². The molecule has 1 aliphatic rings. The van der Waals surface area contributed by atoms with E-state index in [0.29, 0.717) is 11.3 Å². The lowest BCUT2D eigenvalue weighted by Gasteiger charge is -2.31. The summed E-state index contributed by atoms with van der Waals surface area (Å²) in [5.41, 5.74) is 2.27. The highest BCUT2D eigenvalue weighted by Gasteiger charge is 2.18. The molecule has 0 saturated carbocycles. The highest BCUT2D eigenvalue weighted by Crippen LogP contribution is 2.19. The fraction of sp³-hybridized carbons (Fsp3) is 0.350. The molecule has 0 bridgehead atoms. The van der Waals surface area contributed by atoms with E-state index in [2.05, 4.69) is 17.3 Å². The van der Waals surface area contributed by atoms with Gasteiger partial charge in [-0.1, -0.05) is 0 Å². The molecule has 3 rings (SSSR count). The Balaban J connectivity index is 1.64. The Bertz CT molecular complexity index is 917. The summed E-state index contributed by atoms with van der Waals surface area (Å²) in [7, 11) is 1.66. The van der Waals surface area contributed by atoms with Gasteiger partial charge in [-0.2, -0.15) is 0 Å². The number of amides is 1. The third kappa shape index (κ3) is 4.52. The predicted molar refractivity (Wildman–Crippen MR) is 111 cm³/mol. The largest absolute Gasteiger partial charge is 0.360 e. The molecule has 1 amide bonds. The number of hydrogen-bond acceptors (Lipinski definition) is 4. The summed E-state index contributed by atoms with van der Waals surface area (Å²) in [5, 5.41) is 2.85. The second-order valence-corrected chi connectivity index (χ2v) is 9.41. The molecule has 0 radical (unpaired) electrons. The van der Waals surface area contributed by atoms with E-state index in [1.165, 1.54) is 38.4 Å². The first-order valence-electron chi connectivity index (χ1n) is 9.27. The summed E-state index contributed by atoms with van der Waals surface area (Å²) in [6.07, 6.45) is 0. The van der Waals surface area contributed by atoms with Crippen molar-refractivity contribution in [3.8, 4) is 0 Å². The Morgan fingerprint density at radius 1 is 1.00 bits per heavy atom. The molecule has 28 heavy (non-hydrogen) atoms. The second-order valence-electron chi connectivity index (χ2n) is 7.26. The molecule has 2 N–H and O–H groups in total. The zero-order valence-corrected chi connectivity index (χ0v) is 17.3. The van der Waals surface area contributed by atoms with Gasteiger partial charge >= 0.3 is 0 Å². The summed E-state index contributed by atoms with van der Waals surface area (Å²) in [5.74, 6) is -0.273. The van der Waals surface area contributed by atoms with Crippen LogP contribution >= 0.6 is 0 Å². The minimum Gasteiger partial charge on any atom is -0.360 e. The van der Waals surface area contributed by atoms with E-state index in [9.17, 15) is 13.2 Å². The SMILES string of the molecule is CN(C)S(=O)(=O)c1ccc(C(=O)Nc2ccc(N3CC[NH+](C)CC3)cc2)cc1. The molecule has 2 aromatic carbocycles. The van der Waals surface area contributed by atoms with Gasteiger partial charge in [0.1, 0.15) is 0 Å². The number of benzene rings is 2. The molecule has 1 saturated heterocycles. The average molecular weight is 404 g/mol. The first kappa shape index (κ1) is 20.3. The second kappa shape index (κ2) is 8.30. The molecule has 1 aliphatic heterocycles. The van der Waals surface area contributed by atoms with Crippen molar-refractivity contribution in [1.29, 1.82) is 0 Å². The summed E-state index contributed by atoms with van der Waals surface area (Å²) in [6, 6.07) is 13.8. The minimum atomic E-state index is -3.50. The van der Waals surface area contributed by atoms with E-state index in [0.717, 1.165) is 36.2 Å². The monoisotopic (exact) mass is 403 g/mol. The Hall–Kier alpha value is -2.42. The highest BCUT2D eigenvalue weighted by molar-refractivity contribution is 7.89. The van der Waals surface area contributed by atoms with Crippen LogP contribution in [0.1, 0.15) is 10.4 Å². The molecule has 1 heterocycles. The fourth-order valence-electron chi connectivity index (χ4n) is 3.09. The van der Waals surface area contributed by atoms with Crippen molar-refractivity contribution in [2.45, 2.75) is 4.90 Å². The number of quaternary nitrogens is 1. The number of nitrogens with one attached hydrogen (secondary N) is 2. The predicted octanol–water partition coefficient (Wildman–Crippen LogP) is 0.524. The van der Waals surface area contributed by atoms with Crippen LogP contribution in [-0.4, -0.2) is 66.0 Å². The summed E-state index contributed by atoms with van der Waals surface area (Å²) in [4.78, 5) is 16.5. The molecule has 2 aromatic rings. The molecule has 7 nitrogen and oxygen atoms in total. The lowest BCUT2D eigenvalue weighted by Crippen LogP contribution is -3.12. The van der Waals surface area contributed by atoms with Gasteiger partial charge in [-0.3, -0.25) is 4.79 Å². The zero-order chi connectivity index (χ0) is 20.3. The molecule has 8 heteroatoms.